The molecule has 0 amide bonds. The lowest BCUT2D eigenvalue weighted by Crippen LogP contribution is -2.16. The molecule has 1 unspecified atom stereocenters. The van der Waals surface area contributed by atoms with Crippen LogP contribution in [-0.2, 0) is 0 Å². The molecule has 43 valence electrons. The molecule has 0 aliphatic heterocycles. The summed E-state index contributed by atoms with van der Waals surface area (Å²) in [7, 11) is 0. The maximum Gasteiger partial charge on any atom is 0.0215 e. The first-order valence-electron chi connectivity index (χ1n) is 2.97. The quantitative estimate of drug-likeness (QED) is 0.509. The molecule has 0 N–H and O–H groups in total. The van der Waals surface area contributed by atoms with Crippen molar-refractivity contribution in [2.24, 2.45) is 0 Å². The molecule has 1 heteroatoms. The van der Waals surface area contributed by atoms with Crippen molar-refractivity contribution < 1.29 is 0 Å². The van der Waals surface area contributed by atoms with Crippen molar-refractivity contribution in [3.63, 3.8) is 0 Å². The Bertz CT molecular complexity index is 35.2. The molecule has 0 aromatic heterocycles. The van der Waals surface area contributed by atoms with E-state index in [1.54, 1.807) is 0 Å². The van der Waals surface area contributed by atoms with Crippen molar-refractivity contribution in [1.29, 1.82) is 0 Å². The Labute approximate surface area is 46.1 Å². The van der Waals surface area contributed by atoms with Gasteiger partial charge in [0, 0.05) is 12.6 Å². The van der Waals surface area contributed by atoms with Crippen LogP contribution < -0.4 is 5.32 Å². The summed E-state index contributed by atoms with van der Waals surface area (Å²) in [6.07, 6.45) is 1.17. The highest BCUT2D eigenvalue weighted by atomic mass is 14.9. The van der Waals surface area contributed by atoms with Crippen LogP contribution in [0.1, 0.15) is 27.2 Å². The van der Waals surface area contributed by atoms with Crippen LogP contribution in [-0.4, -0.2) is 12.6 Å². The van der Waals surface area contributed by atoms with Gasteiger partial charge in [-0.15, -0.1) is 0 Å². The minimum atomic E-state index is 0.574. The van der Waals surface area contributed by atoms with Crippen LogP contribution in [0.5, 0.6) is 0 Å². The molecular weight excluding hydrogens is 86.1 g/mol. The minimum absolute atomic E-state index is 0.574. The van der Waals surface area contributed by atoms with Crippen molar-refractivity contribution in [2.75, 3.05) is 6.54 Å². The molecule has 0 saturated carbocycles. The molecule has 0 aliphatic rings. The van der Waals surface area contributed by atoms with E-state index in [1.165, 1.54) is 6.42 Å². The first-order chi connectivity index (χ1) is 3.31. The average Bonchev–Trinajstić information content (AvgIpc) is 1.68. The van der Waals surface area contributed by atoms with E-state index in [0.29, 0.717) is 6.04 Å². The van der Waals surface area contributed by atoms with E-state index >= 15 is 0 Å². The zero-order valence-corrected chi connectivity index (χ0v) is 5.44. The molecule has 1 atom stereocenters. The van der Waals surface area contributed by atoms with Crippen LogP contribution in [0, 0.1) is 0 Å². The van der Waals surface area contributed by atoms with E-state index in [4.69, 9.17) is 0 Å². The predicted octanol–water partition coefficient (Wildman–Crippen LogP) is 1.41. The number of nitrogens with zero attached hydrogens (tertiary/aromatic N) is 1. The summed E-state index contributed by atoms with van der Waals surface area (Å²) in [6.45, 7) is 7.34. The average molecular weight is 100 g/mol. The molecule has 7 heavy (non-hydrogen) atoms. The first-order valence-corrected chi connectivity index (χ1v) is 2.97. The number of hydrogen-bond acceptors (Lipinski definition) is 0. The van der Waals surface area contributed by atoms with Crippen molar-refractivity contribution >= 4 is 0 Å². The van der Waals surface area contributed by atoms with E-state index < -0.39 is 0 Å². The summed E-state index contributed by atoms with van der Waals surface area (Å²) >= 11 is 0. The van der Waals surface area contributed by atoms with E-state index in [0.717, 1.165) is 6.54 Å². The largest absolute Gasteiger partial charge is 0.239 e. The number of rotatable bonds is 3. The maximum absolute atomic E-state index is 4.24. The van der Waals surface area contributed by atoms with E-state index in [9.17, 15) is 0 Å². The molecule has 0 bridgehead atoms. The van der Waals surface area contributed by atoms with Crippen molar-refractivity contribution in [1.82, 2.24) is 5.32 Å². The van der Waals surface area contributed by atoms with Crippen molar-refractivity contribution in [3.05, 3.63) is 0 Å². The molecule has 0 aromatic carbocycles. The Morgan fingerprint density at radius 1 is 1.43 bits per heavy atom. The zero-order valence-electron chi connectivity index (χ0n) is 5.44. The Kier molecular flexibility index (Phi) is 4.10. The van der Waals surface area contributed by atoms with Crippen LogP contribution in [0.3, 0.4) is 0 Å². The molecule has 0 saturated heterocycles. The third-order valence-corrected chi connectivity index (χ3v) is 1.09. The van der Waals surface area contributed by atoms with Crippen LogP contribution in [0.2, 0.25) is 0 Å². The normalized spacial score (nSPS) is 14.1. The van der Waals surface area contributed by atoms with Gasteiger partial charge in [0.15, 0.2) is 0 Å². The summed E-state index contributed by atoms with van der Waals surface area (Å²) in [6, 6.07) is 0.574. The topological polar surface area (TPSA) is 14.1 Å². The van der Waals surface area contributed by atoms with E-state index in [1.807, 2.05) is 0 Å². The fourth-order valence-electron chi connectivity index (χ4n) is 0.441. The fraction of sp³-hybridized carbons (Fsp3) is 1.00. The third-order valence-electron chi connectivity index (χ3n) is 1.09. The monoisotopic (exact) mass is 100 g/mol. The molecule has 0 spiro atoms. The lowest BCUT2D eigenvalue weighted by atomic mass is 10.3. The second-order valence-corrected chi connectivity index (χ2v) is 1.76. The van der Waals surface area contributed by atoms with Gasteiger partial charge in [-0.1, -0.05) is 13.8 Å². The Morgan fingerprint density at radius 2 is 2.00 bits per heavy atom. The van der Waals surface area contributed by atoms with Gasteiger partial charge in [0.05, 0.1) is 0 Å². The summed E-state index contributed by atoms with van der Waals surface area (Å²) in [4.78, 5) is 0. The lowest BCUT2D eigenvalue weighted by Gasteiger charge is -2.03. The van der Waals surface area contributed by atoms with Gasteiger partial charge < -0.3 is 0 Å². The molecule has 0 aromatic rings. The molecule has 1 radical (unpaired) electrons. The molecule has 0 aliphatic carbocycles. The summed E-state index contributed by atoms with van der Waals surface area (Å²) in [5.41, 5.74) is 0. The van der Waals surface area contributed by atoms with Gasteiger partial charge in [-0.25, -0.2) is 5.32 Å². The Hall–Kier alpha value is -0.0400. The molecule has 0 heterocycles. The van der Waals surface area contributed by atoms with E-state index in [2.05, 4.69) is 26.1 Å². The predicted molar refractivity (Wildman–Crippen MR) is 32.4 cm³/mol. The van der Waals surface area contributed by atoms with E-state index in [-0.39, 0.29) is 0 Å². The van der Waals surface area contributed by atoms with Crippen LogP contribution >= 0.6 is 0 Å². The summed E-state index contributed by atoms with van der Waals surface area (Å²) in [5, 5.41) is 4.24. The smallest absolute Gasteiger partial charge is 0.0215 e. The SMILES string of the molecule is CC[N]C(C)CC. The second kappa shape index (κ2) is 4.13. The van der Waals surface area contributed by atoms with Gasteiger partial charge in [0.2, 0.25) is 0 Å². The molecule has 0 fully saturated rings. The van der Waals surface area contributed by atoms with Crippen LogP contribution in [0.15, 0.2) is 0 Å². The van der Waals surface area contributed by atoms with Gasteiger partial charge in [0.25, 0.3) is 0 Å². The van der Waals surface area contributed by atoms with Crippen LogP contribution in [0.4, 0.5) is 0 Å². The van der Waals surface area contributed by atoms with Gasteiger partial charge in [-0.3, -0.25) is 0 Å². The highest BCUT2D eigenvalue weighted by Crippen LogP contribution is 1.86. The zero-order chi connectivity index (χ0) is 5.70. The Morgan fingerprint density at radius 3 is 2.14 bits per heavy atom. The standard InChI is InChI=1S/C6H14N/c1-4-6(3)7-5-2/h6H,4-5H2,1-3H3. The fourth-order valence-corrected chi connectivity index (χ4v) is 0.441. The van der Waals surface area contributed by atoms with Crippen LogP contribution in [0.25, 0.3) is 0 Å². The minimum Gasteiger partial charge on any atom is -0.239 e. The highest BCUT2D eigenvalue weighted by molar-refractivity contribution is 4.52. The lowest BCUT2D eigenvalue weighted by molar-refractivity contribution is 0.541. The second-order valence-electron chi connectivity index (χ2n) is 1.76. The Balaban J connectivity index is 2.83. The number of hydrogen-bond donors (Lipinski definition) is 0. The third kappa shape index (κ3) is 3.80. The van der Waals surface area contributed by atoms with Gasteiger partial charge >= 0.3 is 0 Å². The summed E-state index contributed by atoms with van der Waals surface area (Å²) in [5.74, 6) is 0. The van der Waals surface area contributed by atoms with Gasteiger partial charge in [0.1, 0.15) is 0 Å². The van der Waals surface area contributed by atoms with Gasteiger partial charge in [-0.2, -0.15) is 0 Å². The molecular formula is C6H14N. The molecule has 1 nitrogen and oxygen atoms in total. The molecule has 0 rings (SSSR count). The van der Waals surface area contributed by atoms with Crippen molar-refractivity contribution in [2.45, 2.75) is 33.2 Å². The maximum atomic E-state index is 4.24. The van der Waals surface area contributed by atoms with Crippen molar-refractivity contribution in [3.8, 4) is 0 Å². The highest BCUT2D eigenvalue weighted by Gasteiger charge is 1.92. The van der Waals surface area contributed by atoms with Gasteiger partial charge in [-0.05, 0) is 13.3 Å². The summed E-state index contributed by atoms with van der Waals surface area (Å²) < 4.78 is 0. The first kappa shape index (κ1) is 6.96.